The molecule has 2 rings (SSSR count). The van der Waals surface area contributed by atoms with Crippen molar-refractivity contribution in [3.63, 3.8) is 0 Å². The maximum atomic E-state index is 11.0. The van der Waals surface area contributed by atoms with Gasteiger partial charge in [-0.3, -0.25) is 0 Å². The summed E-state index contributed by atoms with van der Waals surface area (Å²) in [5.41, 5.74) is -1.35. The van der Waals surface area contributed by atoms with Crippen molar-refractivity contribution in [3.05, 3.63) is 35.4 Å². The summed E-state index contributed by atoms with van der Waals surface area (Å²) in [5.74, 6) is -1.47. The molecule has 0 spiro atoms. The Morgan fingerprint density at radius 3 is 2.73 bits per heavy atom. The molecule has 0 saturated heterocycles. The number of rotatable bonds is 1. The highest BCUT2D eigenvalue weighted by atomic mass is 16.6. The van der Waals surface area contributed by atoms with Gasteiger partial charge in [0.25, 0.3) is 5.72 Å². The van der Waals surface area contributed by atoms with Crippen molar-refractivity contribution in [1.82, 2.24) is 5.06 Å². The quantitative estimate of drug-likeness (QED) is 0.614. The fourth-order valence-electron chi connectivity index (χ4n) is 1.83. The molecule has 1 unspecified atom stereocenters. The smallest absolute Gasteiger partial charge is 0.358 e. The van der Waals surface area contributed by atoms with Crippen LogP contribution in [0.4, 0.5) is 0 Å². The molecule has 5 heteroatoms. The van der Waals surface area contributed by atoms with E-state index in [1.807, 2.05) is 0 Å². The van der Waals surface area contributed by atoms with Crippen LogP contribution in [-0.4, -0.2) is 33.0 Å². The summed E-state index contributed by atoms with van der Waals surface area (Å²) in [6, 6.07) is 6.65. The van der Waals surface area contributed by atoms with Crippen LogP contribution in [0.15, 0.2) is 24.3 Å². The van der Waals surface area contributed by atoms with Crippen LogP contribution in [0.5, 0.6) is 0 Å². The topological polar surface area (TPSA) is 81.0 Å². The largest absolute Gasteiger partial charge is 0.478 e. The van der Waals surface area contributed by atoms with Crippen LogP contribution in [0, 0.1) is 0 Å². The van der Waals surface area contributed by atoms with Gasteiger partial charge >= 0.3 is 5.97 Å². The minimum Gasteiger partial charge on any atom is -0.478 e. The first-order chi connectivity index (χ1) is 7.06. The first kappa shape index (κ1) is 10.1. The van der Waals surface area contributed by atoms with Gasteiger partial charge in [-0.15, -0.1) is 5.06 Å². The SMILES string of the molecule is O=C(O)C1(O)c2ccccc2CCN1O. The van der Waals surface area contributed by atoms with E-state index in [9.17, 15) is 15.1 Å². The number of benzene rings is 1. The Bertz CT molecular complexity index is 406. The molecular formula is C10H11NO4. The lowest BCUT2D eigenvalue weighted by Crippen LogP contribution is -2.54. The molecule has 15 heavy (non-hydrogen) atoms. The number of nitrogens with zero attached hydrogens (tertiary/aromatic N) is 1. The van der Waals surface area contributed by atoms with E-state index >= 15 is 0 Å². The lowest BCUT2D eigenvalue weighted by molar-refractivity contribution is -0.272. The van der Waals surface area contributed by atoms with Crippen LogP contribution in [0.2, 0.25) is 0 Å². The Morgan fingerprint density at radius 2 is 2.07 bits per heavy atom. The normalized spacial score (nSPS) is 26.0. The fourth-order valence-corrected chi connectivity index (χ4v) is 1.83. The van der Waals surface area contributed by atoms with Crippen molar-refractivity contribution in [2.45, 2.75) is 12.1 Å². The van der Waals surface area contributed by atoms with Crippen molar-refractivity contribution in [3.8, 4) is 0 Å². The fraction of sp³-hybridized carbons (Fsp3) is 0.300. The van der Waals surface area contributed by atoms with E-state index in [4.69, 9.17) is 5.11 Å². The molecule has 80 valence electrons. The molecule has 1 aromatic rings. The summed E-state index contributed by atoms with van der Waals surface area (Å²) in [4.78, 5) is 11.0. The second-order valence-electron chi connectivity index (χ2n) is 3.51. The van der Waals surface area contributed by atoms with Gasteiger partial charge in [-0.1, -0.05) is 24.3 Å². The third kappa shape index (κ3) is 1.32. The molecule has 1 heterocycles. The van der Waals surface area contributed by atoms with Crippen LogP contribution >= 0.6 is 0 Å². The highest BCUT2D eigenvalue weighted by Gasteiger charge is 2.47. The average molecular weight is 209 g/mol. The third-order valence-electron chi connectivity index (χ3n) is 2.66. The molecule has 0 saturated carbocycles. The van der Waals surface area contributed by atoms with Gasteiger partial charge in [0, 0.05) is 12.1 Å². The first-order valence-electron chi connectivity index (χ1n) is 4.57. The molecule has 0 amide bonds. The molecule has 5 nitrogen and oxygen atoms in total. The van der Waals surface area contributed by atoms with Crippen LogP contribution in [0.25, 0.3) is 0 Å². The van der Waals surface area contributed by atoms with Crippen molar-refractivity contribution < 1.29 is 20.2 Å². The summed E-state index contributed by atoms with van der Waals surface area (Å²) in [6.45, 7) is 0.0970. The van der Waals surface area contributed by atoms with E-state index in [0.29, 0.717) is 11.5 Å². The monoisotopic (exact) mass is 209 g/mol. The minimum atomic E-state index is -2.32. The number of aliphatic carboxylic acids is 1. The molecule has 0 aromatic heterocycles. The van der Waals surface area contributed by atoms with E-state index in [-0.39, 0.29) is 12.1 Å². The number of hydrogen-bond donors (Lipinski definition) is 3. The van der Waals surface area contributed by atoms with Gasteiger partial charge in [0.15, 0.2) is 0 Å². The minimum absolute atomic E-state index is 0.0970. The van der Waals surface area contributed by atoms with Gasteiger partial charge in [-0.2, -0.15) is 0 Å². The molecule has 1 aliphatic rings. The Kier molecular flexibility index (Phi) is 2.22. The molecule has 1 aromatic carbocycles. The van der Waals surface area contributed by atoms with Gasteiger partial charge in [0.1, 0.15) is 0 Å². The second-order valence-corrected chi connectivity index (χ2v) is 3.51. The van der Waals surface area contributed by atoms with Crippen molar-refractivity contribution in [1.29, 1.82) is 0 Å². The van der Waals surface area contributed by atoms with Gasteiger partial charge < -0.3 is 15.4 Å². The number of carboxylic acids is 1. The zero-order valence-corrected chi connectivity index (χ0v) is 7.92. The molecule has 1 atom stereocenters. The third-order valence-corrected chi connectivity index (χ3v) is 2.66. The maximum Gasteiger partial charge on any atom is 0.358 e. The number of hydrogen-bond acceptors (Lipinski definition) is 4. The lowest BCUT2D eigenvalue weighted by Gasteiger charge is -2.36. The number of carboxylic acid groups (broad SMARTS) is 1. The second kappa shape index (κ2) is 3.30. The number of hydroxylamine groups is 2. The van der Waals surface area contributed by atoms with Gasteiger partial charge in [0.2, 0.25) is 0 Å². The summed E-state index contributed by atoms with van der Waals surface area (Å²) in [7, 11) is 0. The number of fused-ring (bicyclic) bond motifs is 1. The van der Waals surface area contributed by atoms with Crippen LogP contribution < -0.4 is 0 Å². The molecule has 0 bridgehead atoms. The molecule has 0 radical (unpaired) electrons. The Labute approximate surface area is 86.1 Å². The van der Waals surface area contributed by atoms with Gasteiger partial charge in [-0.05, 0) is 12.0 Å². The maximum absolute atomic E-state index is 11.0. The Morgan fingerprint density at radius 1 is 1.40 bits per heavy atom. The number of carbonyl (C=O) groups is 1. The van der Waals surface area contributed by atoms with E-state index in [2.05, 4.69) is 0 Å². The Hall–Kier alpha value is -1.43. The molecule has 3 N–H and O–H groups in total. The predicted molar refractivity (Wildman–Crippen MR) is 50.2 cm³/mol. The average Bonchev–Trinajstić information content (AvgIpc) is 2.23. The predicted octanol–water partition coefficient (Wildman–Crippen LogP) is 0.164. The summed E-state index contributed by atoms with van der Waals surface area (Å²) in [5, 5.41) is 28.8. The van der Waals surface area contributed by atoms with Crippen LogP contribution in [0.1, 0.15) is 11.1 Å². The van der Waals surface area contributed by atoms with Gasteiger partial charge in [-0.25, -0.2) is 4.79 Å². The van der Waals surface area contributed by atoms with E-state index in [1.54, 1.807) is 18.2 Å². The van der Waals surface area contributed by atoms with E-state index in [1.165, 1.54) is 6.07 Å². The van der Waals surface area contributed by atoms with Crippen molar-refractivity contribution in [2.75, 3.05) is 6.54 Å². The lowest BCUT2D eigenvalue weighted by atomic mass is 9.91. The molecule has 0 fully saturated rings. The standard InChI is InChI=1S/C10H11NO4/c12-9(13)10(14)8-4-2-1-3-7(8)5-6-11(10)15/h1-4,14-15H,5-6H2,(H,12,13). The van der Waals surface area contributed by atoms with E-state index in [0.717, 1.165) is 5.56 Å². The first-order valence-corrected chi connectivity index (χ1v) is 4.57. The van der Waals surface area contributed by atoms with Gasteiger partial charge in [0.05, 0.1) is 0 Å². The molecular weight excluding hydrogens is 198 g/mol. The summed E-state index contributed by atoms with van der Waals surface area (Å²) >= 11 is 0. The zero-order valence-electron chi connectivity index (χ0n) is 7.92. The highest BCUT2D eigenvalue weighted by Crippen LogP contribution is 2.32. The zero-order chi connectivity index (χ0) is 11.1. The van der Waals surface area contributed by atoms with Crippen molar-refractivity contribution in [2.24, 2.45) is 0 Å². The Balaban J connectivity index is 2.60. The molecule has 0 aliphatic carbocycles. The summed E-state index contributed by atoms with van der Waals surface area (Å²) < 4.78 is 0. The highest BCUT2D eigenvalue weighted by molar-refractivity contribution is 5.79. The van der Waals surface area contributed by atoms with Crippen LogP contribution in [-0.2, 0) is 16.9 Å². The van der Waals surface area contributed by atoms with Crippen LogP contribution in [0.3, 0.4) is 0 Å². The summed E-state index contributed by atoms with van der Waals surface area (Å²) in [6.07, 6.45) is 0.516. The van der Waals surface area contributed by atoms with E-state index < -0.39 is 11.7 Å². The number of aliphatic hydroxyl groups is 1. The van der Waals surface area contributed by atoms with Crippen molar-refractivity contribution >= 4 is 5.97 Å². The molecule has 1 aliphatic heterocycles.